The Morgan fingerprint density at radius 2 is 1.50 bits per heavy atom. The molecule has 102 valence electrons. The van der Waals surface area contributed by atoms with Crippen molar-refractivity contribution in [1.29, 1.82) is 0 Å². The zero-order valence-corrected chi connectivity index (χ0v) is 11.9. The lowest BCUT2D eigenvalue weighted by molar-refractivity contribution is -0.145. The Bertz CT molecular complexity index is 410. The van der Waals surface area contributed by atoms with Crippen LogP contribution in [-0.4, -0.2) is 32.0 Å². The van der Waals surface area contributed by atoms with Crippen LogP contribution in [0.2, 0.25) is 0 Å². The van der Waals surface area contributed by atoms with Gasteiger partial charge in [0.2, 0.25) is 0 Å². The van der Waals surface area contributed by atoms with E-state index in [0.29, 0.717) is 17.1 Å². The lowest BCUT2D eigenvalue weighted by Gasteiger charge is -2.39. The summed E-state index contributed by atoms with van der Waals surface area (Å²) in [6, 6.07) is 5.34. The van der Waals surface area contributed by atoms with E-state index in [1.807, 2.05) is 19.9 Å². The van der Waals surface area contributed by atoms with Crippen molar-refractivity contribution in [2.24, 2.45) is 0 Å². The van der Waals surface area contributed by atoms with Crippen molar-refractivity contribution >= 4 is 0 Å². The molecule has 1 unspecified atom stereocenters. The summed E-state index contributed by atoms with van der Waals surface area (Å²) < 4.78 is 15.8. The van der Waals surface area contributed by atoms with Gasteiger partial charge in [-0.05, 0) is 38.5 Å². The van der Waals surface area contributed by atoms with Crippen LogP contribution >= 0.6 is 0 Å². The fourth-order valence-electron chi connectivity index (χ4n) is 1.69. The first-order valence-corrected chi connectivity index (χ1v) is 5.80. The summed E-state index contributed by atoms with van der Waals surface area (Å²) >= 11 is 0. The molecule has 0 amide bonds. The van der Waals surface area contributed by atoms with Gasteiger partial charge in [-0.1, -0.05) is 6.07 Å². The van der Waals surface area contributed by atoms with E-state index < -0.39 is 11.2 Å². The summed E-state index contributed by atoms with van der Waals surface area (Å²) in [4.78, 5) is 0. The molecule has 1 aromatic rings. The Hall–Kier alpha value is -1.26. The molecule has 0 bridgehead atoms. The molecule has 1 N–H and O–H groups in total. The van der Waals surface area contributed by atoms with Crippen LogP contribution in [0.25, 0.3) is 0 Å². The maximum absolute atomic E-state index is 10.7. The van der Waals surface area contributed by atoms with Gasteiger partial charge in [0.1, 0.15) is 5.60 Å². The van der Waals surface area contributed by atoms with E-state index in [2.05, 4.69) is 0 Å². The van der Waals surface area contributed by atoms with Crippen molar-refractivity contribution in [2.45, 2.75) is 32.0 Å². The molecule has 0 saturated carbocycles. The van der Waals surface area contributed by atoms with Gasteiger partial charge in [0, 0.05) is 7.11 Å². The van der Waals surface area contributed by atoms with Gasteiger partial charge in [-0.3, -0.25) is 0 Å². The number of methoxy groups -OCH3 is 3. The van der Waals surface area contributed by atoms with Crippen molar-refractivity contribution in [2.75, 3.05) is 21.3 Å². The Kier molecular flexibility index (Phi) is 4.24. The number of benzene rings is 1. The summed E-state index contributed by atoms with van der Waals surface area (Å²) in [6.45, 7) is 5.39. The lowest BCUT2D eigenvalue weighted by Crippen LogP contribution is -2.46. The number of rotatable bonds is 5. The molecule has 0 aliphatic carbocycles. The summed E-state index contributed by atoms with van der Waals surface area (Å²) in [5, 5.41) is 10.7. The number of ether oxygens (including phenoxy) is 3. The van der Waals surface area contributed by atoms with E-state index in [9.17, 15) is 5.11 Å². The highest BCUT2D eigenvalue weighted by molar-refractivity contribution is 5.45. The molecule has 0 aromatic heterocycles. The molecule has 0 spiro atoms. The second kappa shape index (κ2) is 5.16. The summed E-state index contributed by atoms with van der Waals surface area (Å²) in [5.41, 5.74) is -1.14. The molecular weight excluding hydrogens is 232 g/mol. The van der Waals surface area contributed by atoms with Gasteiger partial charge >= 0.3 is 0 Å². The third-order valence-electron chi connectivity index (χ3n) is 3.63. The van der Waals surface area contributed by atoms with Crippen molar-refractivity contribution in [1.82, 2.24) is 0 Å². The third-order valence-corrected chi connectivity index (χ3v) is 3.63. The van der Waals surface area contributed by atoms with Gasteiger partial charge in [0.25, 0.3) is 0 Å². The van der Waals surface area contributed by atoms with E-state index in [0.717, 1.165) is 0 Å². The molecule has 4 nitrogen and oxygen atoms in total. The predicted molar refractivity (Wildman–Crippen MR) is 70.2 cm³/mol. The van der Waals surface area contributed by atoms with Crippen molar-refractivity contribution in [3.63, 3.8) is 0 Å². The molecule has 0 saturated heterocycles. The van der Waals surface area contributed by atoms with Gasteiger partial charge < -0.3 is 19.3 Å². The minimum atomic E-state index is -1.14. The van der Waals surface area contributed by atoms with Gasteiger partial charge in [0.05, 0.1) is 19.8 Å². The van der Waals surface area contributed by atoms with E-state index in [1.54, 1.807) is 40.4 Å². The molecular formula is C14H22O4. The third kappa shape index (κ3) is 2.44. The van der Waals surface area contributed by atoms with Gasteiger partial charge in [-0.15, -0.1) is 0 Å². The SMILES string of the molecule is COc1ccc(C(C)(O)C(C)(C)OC)cc1OC. The first kappa shape index (κ1) is 14.8. The van der Waals surface area contributed by atoms with Gasteiger partial charge in [-0.25, -0.2) is 0 Å². The zero-order valence-electron chi connectivity index (χ0n) is 11.9. The zero-order chi connectivity index (χ0) is 14.0. The van der Waals surface area contributed by atoms with E-state index in [-0.39, 0.29) is 0 Å². The van der Waals surface area contributed by atoms with Crippen LogP contribution < -0.4 is 9.47 Å². The maximum atomic E-state index is 10.7. The molecule has 0 radical (unpaired) electrons. The molecule has 0 fully saturated rings. The minimum absolute atomic E-state index is 0.585. The topological polar surface area (TPSA) is 47.9 Å². The predicted octanol–water partition coefficient (Wildman–Crippen LogP) is 2.34. The molecule has 0 heterocycles. The van der Waals surface area contributed by atoms with Crippen LogP contribution in [0.5, 0.6) is 11.5 Å². The number of hydrogen-bond acceptors (Lipinski definition) is 4. The highest BCUT2D eigenvalue weighted by atomic mass is 16.5. The Morgan fingerprint density at radius 3 is 1.94 bits per heavy atom. The molecule has 4 heteroatoms. The maximum Gasteiger partial charge on any atom is 0.161 e. The van der Waals surface area contributed by atoms with E-state index >= 15 is 0 Å². The monoisotopic (exact) mass is 254 g/mol. The molecule has 1 rings (SSSR count). The first-order valence-electron chi connectivity index (χ1n) is 5.80. The van der Waals surface area contributed by atoms with Crippen LogP contribution in [-0.2, 0) is 10.3 Å². The van der Waals surface area contributed by atoms with Crippen LogP contribution in [0.15, 0.2) is 18.2 Å². The fourth-order valence-corrected chi connectivity index (χ4v) is 1.69. The normalized spacial score (nSPS) is 15.1. The molecule has 1 aromatic carbocycles. The summed E-state index contributed by atoms with van der Waals surface area (Å²) in [6.07, 6.45) is 0. The molecule has 0 aliphatic rings. The van der Waals surface area contributed by atoms with Crippen LogP contribution in [0.1, 0.15) is 26.3 Å². The van der Waals surface area contributed by atoms with E-state index in [1.165, 1.54) is 0 Å². The minimum Gasteiger partial charge on any atom is -0.493 e. The van der Waals surface area contributed by atoms with Crippen LogP contribution in [0, 0.1) is 0 Å². The molecule has 0 aliphatic heterocycles. The number of hydrogen-bond donors (Lipinski definition) is 1. The Balaban J connectivity index is 3.25. The second-order valence-corrected chi connectivity index (χ2v) is 4.86. The standard InChI is InChI=1S/C14H22O4/c1-13(2,18-6)14(3,15)10-7-8-11(16-4)12(9-10)17-5/h7-9,15H,1-6H3. The Morgan fingerprint density at radius 1 is 0.944 bits per heavy atom. The van der Waals surface area contributed by atoms with Gasteiger partial charge in [0.15, 0.2) is 11.5 Å². The van der Waals surface area contributed by atoms with Crippen molar-refractivity contribution < 1.29 is 19.3 Å². The molecule has 1 atom stereocenters. The smallest absolute Gasteiger partial charge is 0.161 e. The number of aliphatic hydroxyl groups is 1. The average molecular weight is 254 g/mol. The van der Waals surface area contributed by atoms with Crippen molar-refractivity contribution in [3.8, 4) is 11.5 Å². The largest absolute Gasteiger partial charge is 0.493 e. The highest BCUT2D eigenvalue weighted by Crippen LogP contribution is 2.38. The summed E-state index contributed by atoms with van der Waals surface area (Å²) in [5.74, 6) is 1.22. The van der Waals surface area contributed by atoms with Gasteiger partial charge in [-0.2, -0.15) is 0 Å². The quantitative estimate of drug-likeness (QED) is 0.876. The Labute approximate surface area is 108 Å². The molecule has 18 heavy (non-hydrogen) atoms. The summed E-state index contributed by atoms with van der Waals surface area (Å²) in [7, 11) is 4.72. The van der Waals surface area contributed by atoms with Crippen LogP contribution in [0.3, 0.4) is 0 Å². The highest BCUT2D eigenvalue weighted by Gasteiger charge is 2.41. The van der Waals surface area contributed by atoms with Crippen LogP contribution in [0.4, 0.5) is 0 Å². The lowest BCUT2D eigenvalue weighted by atomic mass is 9.81. The van der Waals surface area contributed by atoms with E-state index in [4.69, 9.17) is 14.2 Å². The second-order valence-electron chi connectivity index (χ2n) is 4.86. The fraction of sp³-hybridized carbons (Fsp3) is 0.571. The average Bonchev–Trinajstić information content (AvgIpc) is 2.37. The van der Waals surface area contributed by atoms with Crippen molar-refractivity contribution in [3.05, 3.63) is 23.8 Å². The first-order chi connectivity index (χ1) is 8.30.